The number of amides is 1. The number of aromatic carboxylic acids is 1. The molecule has 1 aliphatic rings. The standard InChI is InChI=1S/C25H17NO4/c27-22-13-16-7-8-17(25(29)30)11-18(16)12-20(22)24(28)26-21-10-9-15-4-1-3-14-5-2-6-19(21)23(14)15/h1-13,21,27H,(H,26,28)(H,29,30). The van der Waals surface area contributed by atoms with Gasteiger partial charge in [-0.25, -0.2) is 4.79 Å². The van der Waals surface area contributed by atoms with Crippen LogP contribution in [0.15, 0.2) is 72.8 Å². The largest absolute Gasteiger partial charge is 0.507 e. The van der Waals surface area contributed by atoms with Crippen LogP contribution in [0.2, 0.25) is 0 Å². The van der Waals surface area contributed by atoms with Crippen molar-refractivity contribution in [3.63, 3.8) is 0 Å². The van der Waals surface area contributed by atoms with E-state index in [0.29, 0.717) is 10.8 Å². The van der Waals surface area contributed by atoms with Gasteiger partial charge >= 0.3 is 5.97 Å². The summed E-state index contributed by atoms with van der Waals surface area (Å²) < 4.78 is 0. The molecule has 0 fully saturated rings. The first-order chi connectivity index (χ1) is 14.5. The molecule has 1 unspecified atom stereocenters. The lowest BCUT2D eigenvalue weighted by Gasteiger charge is -2.22. The SMILES string of the molecule is O=C(O)c1ccc2cc(O)c(C(=O)NC3C=Cc4cccc5cccc3c45)cc2c1. The zero-order valence-electron chi connectivity index (χ0n) is 15.8. The molecule has 0 aromatic heterocycles. The van der Waals surface area contributed by atoms with Gasteiger partial charge in [-0.15, -0.1) is 0 Å². The highest BCUT2D eigenvalue weighted by atomic mass is 16.4. The Kier molecular flexibility index (Phi) is 4.03. The van der Waals surface area contributed by atoms with Crippen molar-refractivity contribution in [2.45, 2.75) is 6.04 Å². The van der Waals surface area contributed by atoms with E-state index in [2.05, 4.69) is 5.32 Å². The maximum absolute atomic E-state index is 13.0. The molecule has 5 nitrogen and oxygen atoms in total. The lowest BCUT2D eigenvalue weighted by molar-refractivity contribution is 0.0696. The fraction of sp³-hybridized carbons (Fsp3) is 0.0400. The number of aromatic hydroxyl groups is 1. The molecule has 5 heteroatoms. The van der Waals surface area contributed by atoms with Crippen molar-refractivity contribution in [2.75, 3.05) is 0 Å². The number of phenols is 1. The third kappa shape index (κ3) is 2.88. The molecule has 4 aromatic rings. The van der Waals surface area contributed by atoms with Crippen molar-refractivity contribution < 1.29 is 19.8 Å². The summed E-state index contributed by atoms with van der Waals surface area (Å²) in [5.41, 5.74) is 2.32. The molecule has 1 aliphatic carbocycles. The Bertz CT molecular complexity index is 1380. The quantitative estimate of drug-likeness (QED) is 0.461. The summed E-state index contributed by atoms with van der Waals surface area (Å²) in [7, 11) is 0. The van der Waals surface area contributed by atoms with E-state index in [1.165, 1.54) is 24.3 Å². The Balaban J connectivity index is 1.52. The average Bonchev–Trinajstić information content (AvgIpc) is 2.75. The minimum atomic E-state index is -1.05. The van der Waals surface area contributed by atoms with E-state index >= 15 is 0 Å². The maximum atomic E-state index is 13.0. The number of carboxylic acids is 1. The van der Waals surface area contributed by atoms with Gasteiger partial charge in [0.2, 0.25) is 0 Å². The highest BCUT2D eigenvalue weighted by Gasteiger charge is 2.21. The van der Waals surface area contributed by atoms with Gasteiger partial charge in [0.1, 0.15) is 5.75 Å². The van der Waals surface area contributed by atoms with E-state index in [4.69, 9.17) is 0 Å². The van der Waals surface area contributed by atoms with E-state index in [9.17, 15) is 19.8 Å². The molecule has 4 aromatic carbocycles. The second kappa shape index (κ2) is 6.74. The number of benzene rings is 4. The van der Waals surface area contributed by atoms with E-state index in [-0.39, 0.29) is 22.9 Å². The Morgan fingerprint density at radius 2 is 1.67 bits per heavy atom. The summed E-state index contributed by atoms with van der Waals surface area (Å²) in [6.07, 6.45) is 3.91. The summed E-state index contributed by atoms with van der Waals surface area (Å²) in [4.78, 5) is 24.3. The summed E-state index contributed by atoms with van der Waals surface area (Å²) >= 11 is 0. The molecular weight excluding hydrogens is 378 g/mol. The number of hydrogen-bond acceptors (Lipinski definition) is 3. The smallest absolute Gasteiger partial charge is 0.335 e. The summed E-state index contributed by atoms with van der Waals surface area (Å²) in [5, 5.41) is 26.0. The van der Waals surface area contributed by atoms with Gasteiger partial charge in [-0.1, -0.05) is 54.6 Å². The molecule has 0 radical (unpaired) electrons. The van der Waals surface area contributed by atoms with Gasteiger partial charge in [0.05, 0.1) is 17.2 Å². The van der Waals surface area contributed by atoms with Crippen LogP contribution in [0.1, 0.15) is 37.9 Å². The number of carbonyl (C=O) groups is 2. The summed E-state index contributed by atoms with van der Waals surface area (Å²) in [6.45, 7) is 0. The molecule has 0 spiro atoms. The fourth-order valence-electron chi connectivity index (χ4n) is 4.05. The minimum absolute atomic E-state index is 0.101. The van der Waals surface area contributed by atoms with Crippen LogP contribution in [0, 0.1) is 0 Å². The predicted octanol–water partition coefficient (Wildman–Crippen LogP) is 4.89. The Morgan fingerprint density at radius 1 is 0.867 bits per heavy atom. The Labute approximate surface area is 171 Å². The number of phenolic OH excluding ortho intramolecular Hbond substituents is 1. The van der Waals surface area contributed by atoms with Crippen molar-refractivity contribution in [2.24, 2.45) is 0 Å². The van der Waals surface area contributed by atoms with E-state index in [0.717, 1.165) is 21.9 Å². The summed E-state index contributed by atoms with van der Waals surface area (Å²) in [6, 6.07) is 19.3. The van der Waals surface area contributed by atoms with Crippen molar-refractivity contribution in [3.8, 4) is 5.75 Å². The van der Waals surface area contributed by atoms with E-state index in [1.54, 1.807) is 6.07 Å². The molecule has 3 N–H and O–H groups in total. The molecule has 5 rings (SSSR count). The fourth-order valence-corrected chi connectivity index (χ4v) is 4.05. The number of carbonyl (C=O) groups excluding carboxylic acids is 1. The zero-order valence-corrected chi connectivity index (χ0v) is 15.8. The van der Waals surface area contributed by atoms with Crippen LogP contribution in [0.3, 0.4) is 0 Å². The first-order valence-electron chi connectivity index (χ1n) is 9.52. The van der Waals surface area contributed by atoms with Crippen molar-refractivity contribution in [1.29, 1.82) is 0 Å². The number of carboxylic acid groups (broad SMARTS) is 1. The van der Waals surface area contributed by atoms with Gasteiger partial charge in [0.15, 0.2) is 0 Å². The molecule has 0 saturated heterocycles. The third-order valence-electron chi connectivity index (χ3n) is 5.51. The lowest BCUT2D eigenvalue weighted by Crippen LogP contribution is -2.28. The lowest BCUT2D eigenvalue weighted by atomic mass is 9.90. The van der Waals surface area contributed by atoms with Gasteiger partial charge in [0.25, 0.3) is 5.91 Å². The Morgan fingerprint density at radius 3 is 2.47 bits per heavy atom. The van der Waals surface area contributed by atoms with Crippen LogP contribution in [-0.4, -0.2) is 22.1 Å². The molecule has 1 atom stereocenters. The van der Waals surface area contributed by atoms with Crippen molar-refractivity contribution in [3.05, 3.63) is 95.1 Å². The van der Waals surface area contributed by atoms with Gasteiger partial charge in [-0.2, -0.15) is 0 Å². The predicted molar refractivity (Wildman–Crippen MR) is 116 cm³/mol. The van der Waals surface area contributed by atoms with Crippen LogP contribution < -0.4 is 5.32 Å². The summed E-state index contributed by atoms with van der Waals surface area (Å²) in [5.74, 6) is -1.63. The zero-order chi connectivity index (χ0) is 20.8. The average molecular weight is 395 g/mol. The molecule has 146 valence electrons. The van der Waals surface area contributed by atoms with Crippen molar-refractivity contribution in [1.82, 2.24) is 5.32 Å². The van der Waals surface area contributed by atoms with Gasteiger partial charge in [-0.05, 0) is 56.9 Å². The Hall–Kier alpha value is -4.12. The third-order valence-corrected chi connectivity index (χ3v) is 5.51. The molecule has 0 aliphatic heterocycles. The molecule has 0 bridgehead atoms. The number of rotatable bonds is 3. The number of hydrogen-bond donors (Lipinski definition) is 3. The number of fused-ring (bicyclic) bond motifs is 1. The molecular formula is C25H17NO4. The van der Waals surface area contributed by atoms with E-state index in [1.807, 2.05) is 48.6 Å². The van der Waals surface area contributed by atoms with Crippen LogP contribution in [0.4, 0.5) is 0 Å². The first kappa shape index (κ1) is 17.9. The monoisotopic (exact) mass is 395 g/mol. The second-order valence-corrected chi connectivity index (χ2v) is 7.34. The normalized spacial score (nSPS) is 14.7. The molecule has 30 heavy (non-hydrogen) atoms. The van der Waals surface area contributed by atoms with Crippen LogP contribution in [0.5, 0.6) is 5.75 Å². The number of nitrogens with one attached hydrogen (secondary N) is 1. The second-order valence-electron chi connectivity index (χ2n) is 7.34. The highest BCUT2D eigenvalue weighted by Crippen LogP contribution is 2.34. The van der Waals surface area contributed by atoms with Gasteiger partial charge < -0.3 is 15.5 Å². The van der Waals surface area contributed by atoms with Gasteiger partial charge in [0, 0.05) is 0 Å². The van der Waals surface area contributed by atoms with Crippen molar-refractivity contribution >= 4 is 39.5 Å². The highest BCUT2D eigenvalue weighted by molar-refractivity contribution is 6.04. The van der Waals surface area contributed by atoms with Crippen LogP contribution in [-0.2, 0) is 0 Å². The van der Waals surface area contributed by atoms with Gasteiger partial charge in [-0.3, -0.25) is 4.79 Å². The first-order valence-corrected chi connectivity index (χ1v) is 9.52. The van der Waals surface area contributed by atoms with Crippen LogP contribution >= 0.6 is 0 Å². The van der Waals surface area contributed by atoms with Crippen LogP contribution in [0.25, 0.3) is 27.6 Å². The maximum Gasteiger partial charge on any atom is 0.335 e. The topological polar surface area (TPSA) is 86.6 Å². The molecule has 0 saturated carbocycles. The van der Waals surface area contributed by atoms with E-state index < -0.39 is 11.9 Å². The minimum Gasteiger partial charge on any atom is -0.507 e. The molecule has 1 amide bonds. The molecule has 0 heterocycles.